The van der Waals surface area contributed by atoms with E-state index in [0.29, 0.717) is 17.5 Å². The lowest BCUT2D eigenvalue weighted by atomic mass is 9.52. The van der Waals surface area contributed by atoms with Gasteiger partial charge in [0.1, 0.15) is 5.75 Å². The van der Waals surface area contributed by atoms with Crippen molar-refractivity contribution in [2.45, 2.75) is 50.8 Å². The Balaban J connectivity index is 1.89. The summed E-state index contributed by atoms with van der Waals surface area (Å²) in [6, 6.07) is 0.666. The summed E-state index contributed by atoms with van der Waals surface area (Å²) in [4.78, 5) is 67.3. The first-order valence-corrected chi connectivity index (χ1v) is 11.8. The van der Waals surface area contributed by atoms with E-state index < -0.39 is 64.4 Å². The van der Waals surface area contributed by atoms with Gasteiger partial charge in [0, 0.05) is 18.0 Å². The van der Waals surface area contributed by atoms with Crippen LogP contribution in [0.25, 0.3) is 0 Å². The lowest BCUT2D eigenvalue weighted by Gasteiger charge is -2.52. The van der Waals surface area contributed by atoms with Crippen molar-refractivity contribution in [1.82, 2.24) is 4.90 Å². The maximum absolute atomic E-state index is 13.8. The molecule has 0 saturated heterocycles. The molecule has 10 nitrogen and oxygen atoms in total. The van der Waals surface area contributed by atoms with Gasteiger partial charge in [-0.15, -0.1) is 0 Å². The number of benzene rings is 1. The number of aliphatic hydroxyl groups is 1. The van der Waals surface area contributed by atoms with E-state index in [2.05, 4.69) is 0 Å². The number of phenols is 1. The monoisotopic (exact) mass is 485 g/mol. The van der Waals surface area contributed by atoms with E-state index in [1.165, 1.54) is 4.90 Å². The van der Waals surface area contributed by atoms with Gasteiger partial charge < -0.3 is 21.7 Å². The van der Waals surface area contributed by atoms with Gasteiger partial charge in [-0.3, -0.25) is 28.9 Å². The number of amides is 1. The third kappa shape index (κ3) is 3.38. The number of primary amides is 1. The SMILES string of the molecule is CCCc1cc(CN)c(O)c2c1C[C@H]1C[C@H]3[C@H](N(C)C)C(=O)C(C(N)=O)C(=O)[C@@]3(O)C(=O)C1C2=O. The molecule has 6 N–H and O–H groups in total. The molecular weight excluding hydrogens is 454 g/mol. The predicted octanol–water partition coefficient (Wildman–Crippen LogP) is -0.722. The molecule has 3 aliphatic carbocycles. The first-order valence-electron chi connectivity index (χ1n) is 11.8. The number of ketones is 4. The Kier molecular flexibility index (Phi) is 6.19. The van der Waals surface area contributed by atoms with Gasteiger partial charge in [-0.1, -0.05) is 19.4 Å². The molecule has 4 rings (SSSR count). The number of nitrogens with zero attached hydrogens (tertiary/aromatic N) is 1. The molecule has 3 aliphatic rings. The van der Waals surface area contributed by atoms with Crippen molar-refractivity contribution in [3.05, 3.63) is 28.3 Å². The highest BCUT2D eigenvalue weighted by molar-refractivity contribution is 6.32. The number of fused-ring (bicyclic) bond motifs is 3. The van der Waals surface area contributed by atoms with Crippen LogP contribution in [-0.4, -0.2) is 69.9 Å². The van der Waals surface area contributed by atoms with Gasteiger partial charge in [0.25, 0.3) is 0 Å². The Hall–Kier alpha value is -2.95. The van der Waals surface area contributed by atoms with Crippen LogP contribution in [0.1, 0.15) is 46.8 Å². The fourth-order valence-corrected chi connectivity index (χ4v) is 6.46. The summed E-state index contributed by atoms with van der Waals surface area (Å²) in [5, 5.41) is 22.4. The largest absolute Gasteiger partial charge is 0.507 e. The van der Waals surface area contributed by atoms with Crippen LogP contribution in [0, 0.1) is 23.7 Å². The van der Waals surface area contributed by atoms with Crippen LogP contribution in [0.15, 0.2) is 6.07 Å². The van der Waals surface area contributed by atoms with Gasteiger partial charge in [0.15, 0.2) is 34.7 Å². The molecule has 188 valence electrons. The van der Waals surface area contributed by atoms with Crippen molar-refractivity contribution in [3.63, 3.8) is 0 Å². The first kappa shape index (κ1) is 25.2. The maximum Gasteiger partial charge on any atom is 0.235 e. The maximum atomic E-state index is 13.8. The van der Waals surface area contributed by atoms with Crippen molar-refractivity contribution in [2.75, 3.05) is 14.1 Å². The molecule has 0 spiro atoms. The molecule has 10 heteroatoms. The number of aromatic hydroxyl groups is 1. The van der Waals surface area contributed by atoms with Crippen LogP contribution in [-0.2, 0) is 38.6 Å². The molecule has 0 radical (unpaired) electrons. The van der Waals surface area contributed by atoms with Crippen LogP contribution in [0.4, 0.5) is 0 Å². The molecular formula is C25H31N3O7. The summed E-state index contributed by atoms with van der Waals surface area (Å²) in [7, 11) is 3.11. The number of hydrogen-bond donors (Lipinski definition) is 4. The summed E-state index contributed by atoms with van der Waals surface area (Å²) in [5.41, 5.74) is 10.3. The number of nitrogens with two attached hydrogens (primary N) is 2. The molecule has 0 aromatic heterocycles. The Morgan fingerprint density at radius 3 is 2.37 bits per heavy atom. The fourth-order valence-electron chi connectivity index (χ4n) is 6.46. The average molecular weight is 486 g/mol. The second-order valence-corrected chi connectivity index (χ2v) is 10.1. The molecule has 6 atom stereocenters. The summed E-state index contributed by atoms with van der Waals surface area (Å²) < 4.78 is 0. The third-order valence-corrected chi connectivity index (χ3v) is 7.97. The highest BCUT2D eigenvalue weighted by Gasteiger charge is 2.69. The smallest absolute Gasteiger partial charge is 0.235 e. The molecule has 2 saturated carbocycles. The summed E-state index contributed by atoms with van der Waals surface area (Å²) in [6.45, 7) is 1.97. The summed E-state index contributed by atoms with van der Waals surface area (Å²) in [6.07, 6.45) is 1.72. The zero-order valence-electron chi connectivity index (χ0n) is 20.0. The van der Waals surface area contributed by atoms with E-state index in [1.807, 2.05) is 6.92 Å². The van der Waals surface area contributed by atoms with Crippen LogP contribution >= 0.6 is 0 Å². The Bertz CT molecular complexity index is 1160. The topological polar surface area (TPSA) is 181 Å². The Morgan fingerprint density at radius 2 is 1.83 bits per heavy atom. The van der Waals surface area contributed by atoms with Gasteiger partial charge >= 0.3 is 0 Å². The number of phenolic OH excluding ortho intramolecular Hbond substituents is 1. The molecule has 2 unspecified atom stereocenters. The normalized spacial score (nSPS) is 32.3. The number of carbonyl (C=O) groups excluding carboxylic acids is 5. The van der Waals surface area contributed by atoms with Gasteiger partial charge in [-0.05, 0) is 50.4 Å². The highest BCUT2D eigenvalue weighted by Crippen LogP contribution is 2.51. The summed E-state index contributed by atoms with van der Waals surface area (Å²) in [5.74, 6) is -10.4. The van der Waals surface area contributed by atoms with Crippen LogP contribution in [0.2, 0.25) is 0 Å². The van der Waals surface area contributed by atoms with E-state index in [9.17, 15) is 34.2 Å². The molecule has 0 aliphatic heterocycles. The number of rotatable bonds is 5. The molecule has 0 bridgehead atoms. The van der Waals surface area contributed by atoms with Crippen molar-refractivity contribution in [3.8, 4) is 5.75 Å². The summed E-state index contributed by atoms with van der Waals surface area (Å²) >= 11 is 0. The molecule has 35 heavy (non-hydrogen) atoms. The fraction of sp³-hybridized carbons (Fsp3) is 0.560. The van der Waals surface area contributed by atoms with Gasteiger partial charge in [-0.25, -0.2) is 0 Å². The molecule has 2 fully saturated rings. The first-order chi connectivity index (χ1) is 16.4. The Morgan fingerprint density at radius 1 is 1.17 bits per heavy atom. The van der Waals surface area contributed by atoms with Crippen molar-refractivity contribution >= 4 is 29.0 Å². The number of carbonyl (C=O) groups is 5. The molecule has 1 aromatic rings. The number of Topliss-reactive ketones (excluding diaryl/α,β-unsaturated/α-hetero) is 4. The van der Waals surface area contributed by atoms with E-state index in [-0.39, 0.29) is 30.7 Å². The predicted molar refractivity (Wildman–Crippen MR) is 123 cm³/mol. The van der Waals surface area contributed by atoms with Crippen molar-refractivity contribution in [2.24, 2.45) is 35.1 Å². The lowest BCUT2D eigenvalue weighted by molar-refractivity contribution is -0.181. The minimum absolute atomic E-state index is 0.00277. The van der Waals surface area contributed by atoms with Crippen LogP contribution < -0.4 is 11.5 Å². The highest BCUT2D eigenvalue weighted by atomic mass is 16.3. The second kappa shape index (κ2) is 8.61. The van der Waals surface area contributed by atoms with Crippen LogP contribution in [0.3, 0.4) is 0 Å². The number of likely N-dealkylation sites (N-methyl/N-ethyl adjacent to an activating group) is 1. The molecule has 1 aromatic carbocycles. The number of aryl methyl sites for hydroxylation is 1. The van der Waals surface area contributed by atoms with Gasteiger partial charge in [0.05, 0.1) is 17.5 Å². The van der Waals surface area contributed by atoms with E-state index in [1.54, 1.807) is 20.2 Å². The minimum atomic E-state index is -2.72. The molecule has 0 heterocycles. The second-order valence-electron chi connectivity index (χ2n) is 10.1. The van der Waals surface area contributed by atoms with E-state index in [0.717, 1.165) is 12.0 Å². The zero-order chi connectivity index (χ0) is 26.0. The molecule has 1 amide bonds. The van der Waals surface area contributed by atoms with Crippen molar-refractivity contribution in [1.29, 1.82) is 0 Å². The van der Waals surface area contributed by atoms with Crippen molar-refractivity contribution < 1.29 is 34.2 Å². The standard InChI is InChI=1S/C25H31N3O7/c1-4-5-10-6-12(9-26)19(29)16-13(10)7-11-8-14-18(28(2)3)21(31)17(24(27)34)23(33)25(14,35)22(32)15(11)20(16)30/h6,11,14-15,17-18,29,35H,4-5,7-9,26H2,1-3H3,(H2,27,34)/t11-,14-,15?,17?,18-,25-/m0/s1. The van der Waals surface area contributed by atoms with Crippen LogP contribution in [0.5, 0.6) is 5.75 Å². The minimum Gasteiger partial charge on any atom is -0.507 e. The average Bonchev–Trinajstić information content (AvgIpc) is 2.77. The lowest BCUT2D eigenvalue weighted by Crippen LogP contribution is -2.74. The van der Waals surface area contributed by atoms with Gasteiger partial charge in [-0.2, -0.15) is 0 Å². The number of hydrogen-bond acceptors (Lipinski definition) is 9. The van der Waals surface area contributed by atoms with E-state index >= 15 is 0 Å². The zero-order valence-corrected chi connectivity index (χ0v) is 20.0. The Labute approximate surface area is 202 Å². The third-order valence-electron chi connectivity index (χ3n) is 7.97. The van der Waals surface area contributed by atoms with E-state index in [4.69, 9.17) is 11.5 Å². The quantitative estimate of drug-likeness (QED) is 0.391. The van der Waals surface area contributed by atoms with Gasteiger partial charge in [0.2, 0.25) is 5.91 Å².